The molecule has 0 saturated carbocycles. The Labute approximate surface area is 251 Å². The van der Waals surface area contributed by atoms with Gasteiger partial charge in [-0.1, -0.05) is 67.6 Å². The van der Waals surface area contributed by atoms with Gasteiger partial charge in [-0.05, 0) is 47.7 Å². The zero-order valence-electron chi connectivity index (χ0n) is 24.8. The molecule has 5 aromatic rings. The van der Waals surface area contributed by atoms with E-state index in [2.05, 4.69) is 30.0 Å². The number of hydrogen-bond acceptors (Lipinski definition) is 7. The van der Waals surface area contributed by atoms with E-state index >= 15 is 0 Å². The predicted molar refractivity (Wildman–Crippen MR) is 167 cm³/mol. The summed E-state index contributed by atoms with van der Waals surface area (Å²) >= 11 is 0. The number of carbonyl (C=O) groups excluding carboxylic acids is 1. The van der Waals surface area contributed by atoms with E-state index in [1.807, 2.05) is 84.5 Å². The number of pyridine rings is 1. The van der Waals surface area contributed by atoms with Crippen molar-refractivity contribution in [2.75, 3.05) is 25.1 Å². The molecule has 0 aliphatic carbocycles. The van der Waals surface area contributed by atoms with Crippen molar-refractivity contribution in [2.24, 2.45) is 18.9 Å². The van der Waals surface area contributed by atoms with Gasteiger partial charge in [0.2, 0.25) is 11.8 Å². The number of esters is 1. The highest BCUT2D eigenvalue weighted by Gasteiger charge is 2.32. The lowest BCUT2D eigenvalue weighted by molar-refractivity contribution is -0.147. The van der Waals surface area contributed by atoms with Crippen LogP contribution in [0.1, 0.15) is 24.5 Å². The van der Waals surface area contributed by atoms with Crippen molar-refractivity contribution in [2.45, 2.75) is 26.6 Å². The van der Waals surface area contributed by atoms with Crippen LogP contribution >= 0.6 is 0 Å². The molecule has 0 bridgehead atoms. The van der Waals surface area contributed by atoms with E-state index in [1.54, 1.807) is 0 Å². The maximum Gasteiger partial charge on any atom is 0.309 e. The number of aromatic nitrogens is 3. The van der Waals surface area contributed by atoms with Gasteiger partial charge in [-0.3, -0.25) is 9.48 Å². The Kier molecular flexibility index (Phi) is 8.27. The number of carbonyl (C=O) groups is 1. The van der Waals surface area contributed by atoms with Crippen LogP contribution in [0.2, 0.25) is 0 Å². The minimum Gasteiger partial charge on any atom is -0.473 e. The molecule has 0 N–H and O–H groups in total. The molecule has 2 unspecified atom stereocenters. The summed E-state index contributed by atoms with van der Waals surface area (Å²) in [5.74, 6) is 0.987. The lowest BCUT2D eigenvalue weighted by Crippen LogP contribution is -2.42. The summed E-state index contributed by atoms with van der Waals surface area (Å²) in [7, 11) is 3.42. The van der Waals surface area contributed by atoms with Crippen molar-refractivity contribution in [3.63, 3.8) is 0 Å². The fourth-order valence-corrected chi connectivity index (χ4v) is 5.77. The van der Waals surface area contributed by atoms with Crippen molar-refractivity contribution < 1.29 is 19.0 Å². The minimum atomic E-state index is -0.116. The van der Waals surface area contributed by atoms with Crippen LogP contribution in [-0.4, -0.2) is 40.9 Å². The lowest BCUT2D eigenvalue weighted by Gasteiger charge is -2.37. The average molecular weight is 577 g/mol. The van der Waals surface area contributed by atoms with E-state index in [4.69, 9.17) is 24.3 Å². The number of nitrogens with zero attached hydrogens (tertiary/aromatic N) is 4. The van der Waals surface area contributed by atoms with E-state index in [1.165, 1.54) is 7.11 Å². The van der Waals surface area contributed by atoms with Crippen LogP contribution in [0.4, 0.5) is 5.69 Å². The smallest absolute Gasteiger partial charge is 0.309 e. The minimum absolute atomic E-state index is 0.0604. The molecule has 43 heavy (non-hydrogen) atoms. The topological polar surface area (TPSA) is 78.7 Å². The number of aryl methyl sites for hydroxylation is 1. The third kappa shape index (κ3) is 6.18. The van der Waals surface area contributed by atoms with Gasteiger partial charge in [-0.15, -0.1) is 0 Å². The molecule has 3 heterocycles. The van der Waals surface area contributed by atoms with Crippen molar-refractivity contribution in [1.29, 1.82) is 0 Å². The summed E-state index contributed by atoms with van der Waals surface area (Å²) in [6, 6.07) is 30.3. The van der Waals surface area contributed by atoms with Gasteiger partial charge in [0.1, 0.15) is 18.9 Å². The molecule has 1 fully saturated rings. The van der Waals surface area contributed by atoms with E-state index in [0.717, 1.165) is 58.5 Å². The maximum absolute atomic E-state index is 12.2. The summed E-state index contributed by atoms with van der Waals surface area (Å²) in [4.78, 5) is 19.3. The number of rotatable bonds is 9. The number of hydrogen-bond donors (Lipinski definition) is 0. The van der Waals surface area contributed by atoms with Crippen LogP contribution in [0.15, 0.2) is 91.0 Å². The van der Waals surface area contributed by atoms with Gasteiger partial charge >= 0.3 is 5.97 Å². The van der Waals surface area contributed by atoms with Gasteiger partial charge in [0, 0.05) is 37.3 Å². The van der Waals surface area contributed by atoms with E-state index in [0.29, 0.717) is 25.0 Å². The van der Waals surface area contributed by atoms with Crippen LogP contribution in [0.5, 0.6) is 11.8 Å². The summed E-state index contributed by atoms with van der Waals surface area (Å²) in [5.41, 5.74) is 5.83. The molecule has 0 spiro atoms. The molecule has 1 saturated heterocycles. The largest absolute Gasteiger partial charge is 0.473 e. The van der Waals surface area contributed by atoms with Gasteiger partial charge in [0.05, 0.1) is 24.1 Å². The third-order valence-corrected chi connectivity index (χ3v) is 8.15. The molecule has 8 heteroatoms. The summed E-state index contributed by atoms with van der Waals surface area (Å²) in [6.45, 7) is 4.49. The molecule has 6 rings (SSSR count). The number of anilines is 1. The molecule has 0 amide bonds. The molecule has 220 valence electrons. The van der Waals surface area contributed by atoms with Crippen molar-refractivity contribution >= 4 is 22.6 Å². The Balaban J connectivity index is 1.29. The Morgan fingerprint density at radius 3 is 2.28 bits per heavy atom. The highest BCUT2D eigenvalue weighted by atomic mass is 16.5. The van der Waals surface area contributed by atoms with E-state index in [-0.39, 0.29) is 17.8 Å². The van der Waals surface area contributed by atoms with Crippen molar-refractivity contribution in [1.82, 2.24) is 14.8 Å². The van der Waals surface area contributed by atoms with Gasteiger partial charge in [0.15, 0.2) is 0 Å². The fraction of sp³-hybridized carbons (Fsp3) is 0.286. The lowest BCUT2D eigenvalue weighted by atomic mass is 9.86. The van der Waals surface area contributed by atoms with E-state index < -0.39 is 0 Å². The maximum atomic E-state index is 12.2. The number of benzene rings is 3. The first-order valence-corrected chi connectivity index (χ1v) is 14.6. The Morgan fingerprint density at radius 1 is 0.907 bits per heavy atom. The van der Waals surface area contributed by atoms with Gasteiger partial charge in [-0.25, -0.2) is 0 Å². The van der Waals surface area contributed by atoms with Crippen LogP contribution in [-0.2, 0) is 29.8 Å². The monoisotopic (exact) mass is 576 g/mol. The van der Waals surface area contributed by atoms with Crippen LogP contribution in [0.3, 0.4) is 0 Å². The van der Waals surface area contributed by atoms with Crippen LogP contribution in [0.25, 0.3) is 22.2 Å². The van der Waals surface area contributed by atoms with Gasteiger partial charge in [-0.2, -0.15) is 10.1 Å². The van der Waals surface area contributed by atoms with Crippen LogP contribution in [0, 0.1) is 11.8 Å². The summed E-state index contributed by atoms with van der Waals surface area (Å²) in [5, 5.41) is 5.93. The zero-order valence-corrected chi connectivity index (χ0v) is 24.8. The molecular formula is C35H36N4O4. The summed E-state index contributed by atoms with van der Waals surface area (Å²) < 4.78 is 19.3. The second-order valence-electron chi connectivity index (χ2n) is 11.1. The molecule has 2 aromatic heterocycles. The average Bonchev–Trinajstić information content (AvgIpc) is 3.38. The molecule has 1 aliphatic heterocycles. The molecule has 0 radical (unpaired) electrons. The van der Waals surface area contributed by atoms with Crippen LogP contribution < -0.4 is 14.4 Å². The van der Waals surface area contributed by atoms with Gasteiger partial charge < -0.3 is 19.1 Å². The number of piperidine rings is 1. The molecule has 3 aromatic carbocycles. The number of ether oxygens (including phenoxy) is 3. The molecular weight excluding hydrogens is 540 g/mol. The normalized spacial score (nSPS) is 16.7. The quantitative estimate of drug-likeness (QED) is 0.187. The Hall–Kier alpha value is -4.85. The highest BCUT2D eigenvalue weighted by molar-refractivity contribution is 5.96. The SMILES string of the molecule is COC(=O)C1CCN(c2ccc3c(-c4ccc(OCc5ccccc5)nc4OCc4ccccc4)nn(C)c3c2)CC1C. The van der Waals surface area contributed by atoms with Crippen molar-refractivity contribution in [3.8, 4) is 23.0 Å². The Bertz CT molecular complexity index is 1700. The van der Waals surface area contributed by atoms with E-state index in [9.17, 15) is 4.79 Å². The first kappa shape index (κ1) is 28.3. The standard InChI is InChI=1S/C35H36N4O4/c1-24-21-39(19-18-28(24)35(40)41-3)27-14-15-29-31(20-27)38(2)37-33(29)30-16-17-32(42-22-25-10-6-4-7-11-25)36-34(30)43-23-26-12-8-5-9-13-26/h4-17,20,24,28H,18-19,21-23H2,1-3H3. The molecule has 8 nitrogen and oxygen atoms in total. The second-order valence-corrected chi connectivity index (χ2v) is 11.1. The fourth-order valence-electron chi connectivity index (χ4n) is 5.77. The first-order chi connectivity index (χ1) is 21.0. The molecule has 2 atom stereocenters. The summed E-state index contributed by atoms with van der Waals surface area (Å²) in [6.07, 6.45) is 0.773. The molecule has 1 aliphatic rings. The predicted octanol–water partition coefficient (Wildman–Crippen LogP) is 6.43. The number of fused-ring (bicyclic) bond motifs is 1. The first-order valence-electron chi connectivity index (χ1n) is 14.6. The van der Waals surface area contributed by atoms with Crippen molar-refractivity contribution in [3.05, 3.63) is 102 Å². The zero-order chi connectivity index (χ0) is 29.8. The second kappa shape index (κ2) is 12.6. The third-order valence-electron chi connectivity index (χ3n) is 8.15. The highest BCUT2D eigenvalue weighted by Crippen LogP contribution is 2.37. The van der Waals surface area contributed by atoms with Gasteiger partial charge in [0.25, 0.3) is 0 Å². The Morgan fingerprint density at radius 2 is 1.60 bits per heavy atom. The number of methoxy groups -OCH3 is 1.